The molecule has 94 valence electrons. The van der Waals surface area contributed by atoms with Crippen molar-refractivity contribution < 1.29 is 62.0 Å². The van der Waals surface area contributed by atoms with Crippen LogP contribution in [0.3, 0.4) is 0 Å². The molecule has 0 aromatic rings. The van der Waals surface area contributed by atoms with Crippen molar-refractivity contribution in [3.05, 3.63) is 0 Å². The van der Waals surface area contributed by atoms with Crippen molar-refractivity contribution >= 4 is 22.1 Å². The van der Waals surface area contributed by atoms with Crippen LogP contribution >= 0.6 is 0 Å². The van der Waals surface area contributed by atoms with E-state index in [1.165, 1.54) is 0 Å². The number of unbranched alkanes of at least 4 members (excludes halogenated alkanes) is 1. The number of ether oxygens (including phenoxy) is 1. The van der Waals surface area contributed by atoms with Crippen molar-refractivity contribution in [2.45, 2.75) is 31.4 Å². The van der Waals surface area contributed by atoms with E-state index in [4.69, 9.17) is 5.11 Å². The van der Waals surface area contributed by atoms with Gasteiger partial charge in [0.2, 0.25) is 0 Å². The van der Waals surface area contributed by atoms with Gasteiger partial charge in [-0.1, -0.05) is 13.3 Å². The summed E-state index contributed by atoms with van der Waals surface area (Å²) in [5, 5.41) is 6.17. The molecular weight excluding hydrogens is 263 g/mol. The molecule has 9 heteroatoms. The molecule has 0 aromatic carbocycles. The van der Waals surface area contributed by atoms with Crippen molar-refractivity contribution in [3.63, 3.8) is 0 Å². The summed E-state index contributed by atoms with van der Waals surface area (Å²) in [6, 6.07) is 0. The predicted octanol–water partition coefficient (Wildman–Crippen LogP) is -3.28. The maximum absolute atomic E-state index is 11.0. The topological polar surface area (TPSA) is 121 Å². The maximum atomic E-state index is 11.0. The third kappa shape index (κ3) is 8.56. The molecule has 7 nitrogen and oxygen atoms in total. The fraction of sp³-hybridized carbons (Fsp3) is 0.750. The van der Waals surface area contributed by atoms with Crippen LogP contribution in [0.5, 0.6) is 0 Å². The predicted molar refractivity (Wildman–Crippen MR) is 51.6 cm³/mol. The zero-order valence-corrected chi connectivity index (χ0v) is 12.5. The number of hydrogen-bond acceptors (Lipinski definition) is 6. The monoisotopic (exact) mass is 276 g/mol. The number of hydrogen-bond donors (Lipinski definition) is 1. The average molecular weight is 276 g/mol. The van der Waals surface area contributed by atoms with Gasteiger partial charge in [0.25, 0.3) is 0 Å². The number of carbonyl (C=O) groups is 2. The Morgan fingerprint density at radius 3 is 2.29 bits per heavy atom. The smallest absolute Gasteiger partial charge is 0.747 e. The van der Waals surface area contributed by atoms with Crippen LogP contribution in [0.2, 0.25) is 0 Å². The van der Waals surface area contributed by atoms with Gasteiger partial charge in [0.05, 0.1) is 13.0 Å². The van der Waals surface area contributed by atoms with Crippen LogP contribution in [0.4, 0.5) is 0 Å². The molecule has 0 radical (unpaired) electrons. The fourth-order valence-electron chi connectivity index (χ4n) is 0.853. The first-order valence-electron chi connectivity index (χ1n) is 4.62. The van der Waals surface area contributed by atoms with Gasteiger partial charge < -0.3 is 14.4 Å². The summed E-state index contributed by atoms with van der Waals surface area (Å²) in [5.41, 5.74) is 0. The maximum Gasteiger partial charge on any atom is 1.00 e. The van der Waals surface area contributed by atoms with E-state index in [0.717, 1.165) is 6.42 Å². The number of carbonyl (C=O) groups excluding carboxylic acids is 1. The summed E-state index contributed by atoms with van der Waals surface area (Å²) in [6.45, 7) is 1.94. The third-order valence-corrected chi connectivity index (χ3v) is 2.80. The van der Waals surface area contributed by atoms with Crippen LogP contribution in [-0.4, -0.2) is 41.9 Å². The van der Waals surface area contributed by atoms with Crippen molar-refractivity contribution in [1.82, 2.24) is 0 Å². The normalized spacial score (nSPS) is 12.4. The van der Waals surface area contributed by atoms with Gasteiger partial charge in [0.1, 0.15) is 10.1 Å². The minimum Gasteiger partial charge on any atom is -0.747 e. The molecule has 0 amide bonds. The molecule has 0 rings (SSSR count). The molecule has 0 bridgehead atoms. The number of aliphatic carboxylic acids is 1. The van der Waals surface area contributed by atoms with E-state index >= 15 is 0 Å². The van der Waals surface area contributed by atoms with Gasteiger partial charge in [0.15, 0.2) is 5.25 Å². The zero-order chi connectivity index (χ0) is 12.8. The minimum absolute atomic E-state index is 0. The van der Waals surface area contributed by atoms with Gasteiger partial charge in [-0.15, -0.1) is 0 Å². The summed E-state index contributed by atoms with van der Waals surface area (Å²) in [7, 11) is -5.04. The number of carboxylic acids is 1. The standard InChI is InChI=1S/C8H14O7S.Na/c1-2-3-4-15-7(9)5-6(8(10)11)16(12,13)14;/h6H,2-5H2,1H3,(H,10,11)(H,12,13,14);/q;+1/p-1. The van der Waals surface area contributed by atoms with E-state index in [1.807, 2.05) is 6.92 Å². The zero-order valence-electron chi connectivity index (χ0n) is 9.71. The van der Waals surface area contributed by atoms with Gasteiger partial charge in [-0.05, 0) is 6.42 Å². The SMILES string of the molecule is CCCCOC(=O)CC(C(=O)O)S(=O)(=O)[O-].[Na+]. The first-order valence-corrected chi connectivity index (χ1v) is 6.09. The van der Waals surface area contributed by atoms with Crippen molar-refractivity contribution in [1.29, 1.82) is 0 Å². The second-order valence-corrected chi connectivity index (χ2v) is 4.65. The fourth-order valence-corrected chi connectivity index (χ4v) is 1.44. The van der Waals surface area contributed by atoms with E-state index < -0.39 is 33.7 Å². The Labute approximate surface area is 122 Å². The van der Waals surface area contributed by atoms with Gasteiger partial charge in [0, 0.05) is 0 Å². The molecule has 0 saturated carbocycles. The van der Waals surface area contributed by atoms with Gasteiger partial charge in [-0.25, -0.2) is 8.42 Å². The second-order valence-electron chi connectivity index (χ2n) is 3.10. The largest absolute Gasteiger partial charge is 1.00 e. The first-order chi connectivity index (χ1) is 7.29. The summed E-state index contributed by atoms with van der Waals surface area (Å²) in [5.74, 6) is -2.84. The van der Waals surface area contributed by atoms with E-state index in [0.29, 0.717) is 6.42 Å². The molecule has 0 aromatic heterocycles. The minimum atomic E-state index is -5.04. The Hall–Kier alpha value is -0.150. The number of rotatable bonds is 7. The summed E-state index contributed by atoms with van der Waals surface area (Å²) < 4.78 is 36.0. The summed E-state index contributed by atoms with van der Waals surface area (Å²) in [6.07, 6.45) is 0.411. The van der Waals surface area contributed by atoms with Crippen LogP contribution in [-0.2, 0) is 24.4 Å². The van der Waals surface area contributed by atoms with Gasteiger partial charge in [-0.2, -0.15) is 0 Å². The molecule has 1 atom stereocenters. The number of esters is 1. The van der Waals surface area contributed by atoms with Crippen LogP contribution in [0.1, 0.15) is 26.2 Å². The Morgan fingerprint density at radius 2 is 1.94 bits per heavy atom. The molecule has 0 aliphatic carbocycles. The van der Waals surface area contributed by atoms with Crippen LogP contribution in [0.25, 0.3) is 0 Å². The molecular formula is C8H13NaO7S. The van der Waals surface area contributed by atoms with Crippen LogP contribution in [0.15, 0.2) is 0 Å². The molecule has 17 heavy (non-hydrogen) atoms. The molecule has 0 fully saturated rings. The Balaban J connectivity index is 0. The molecule has 0 saturated heterocycles. The Morgan fingerprint density at radius 1 is 1.41 bits per heavy atom. The van der Waals surface area contributed by atoms with Gasteiger partial charge >= 0.3 is 41.5 Å². The third-order valence-electron chi connectivity index (χ3n) is 1.74. The van der Waals surface area contributed by atoms with Crippen molar-refractivity contribution in [2.75, 3.05) is 6.61 Å². The molecule has 0 spiro atoms. The quantitative estimate of drug-likeness (QED) is 0.224. The van der Waals surface area contributed by atoms with Crippen LogP contribution in [0, 0.1) is 0 Å². The van der Waals surface area contributed by atoms with E-state index in [-0.39, 0.29) is 36.2 Å². The van der Waals surface area contributed by atoms with E-state index in [1.54, 1.807) is 0 Å². The number of carboxylic acid groups (broad SMARTS) is 1. The van der Waals surface area contributed by atoms with Crippen LogP contribution < -0.4 is 29.6 Å². The average Bonchev–Trinajstić information content (AvgIpc) is 2.12. The summed E-state index contributed by atoms with van der Waals surface area (Å²) >= 11 is 0. The molecule has 0 aliphatic rings. The first kappa shape index (κ1) is 19.2. The Bertz CT molecular complexity index is 351. The molecule has 0 aliphatic heterocycles. The second kappa shape index (κ2) is 8.87. The molecule has 1 N–H and O–H groups in total. The molecule has 0 heterocycles. The van der Waals surface area contributed by atoms with Crippen molar-refractivity contribution in [2.24, 2.45) is 0 Å². The van der Waals surface area contributed by atoms with E-state index in [2.05, 4.69) is 4.74 Å². The molecule has 1 unspecified atom stereocenters. The Kier molecular flexibility index (Phi) is 10.0. The van der Waals surface area contributed by atoms with E-state index in [9.17, 15) is 22.6 Å². The summed E-state index contributed by atoms with van der Waals surface area (Å²) in [4.78, 5) is 21.4. The van der Waals surface area contributed by atoms with Crippen molar-refractivity contribution in [3.8, 4) is 0 Å². The van der Waals surface area contributed by atoms with Gasteiger partial charge in [-0.3, -0.25) is 9.59 Å².